The first-order valence-corrected chi connectivity index (χ1v) is 29.0. The van der Waals surface area contributed by atoms with Crippen molar-refractivity contribution in [3.63, 3.8) is 0 Å². The van der Waals surface area contributed by atoms with Gasteiger partial charge in [0.1, 0.15) is 29.3 Å². The molecule has 7 rings (SSSR count). The van der Waals surface area contributed by atoms with Crippen molar-refractivity contribution in [2.75, 3.05) is 20.4 Å². The van der Waals surface area contributed by atoms with E-state index in [-0.39, 0.29) is 55.5 Å². The van der Waals surface area contributed by atoms with E-state index in [1.165, 1.54) is 44.2 Å². The van der Waals surface area contributed by atoms with E-state index in [4.69, 9.17) is 80.3 Å². The molecule has 0 saturated heterocycles. The number of nitrogens with two attached hydrogens (primary N) is 1. The number of phenols is 1. The first kappa shape index (κ1) is 60.8. The van der Waals surface area contributed by atoms with Crippen molar-refractivity contribution >= 4 is 87.2 Å². The largest absolute Gasteiger partial charge is 0.513 e. The second-order valence-corrected chi connectivity index (χ2v) is 26.6. The molecule has 4 aromatic carbocycles. The number of carbonyl (C=O) groups is 2. The maximum absolute atomic E-state index is 14.1. The number of ether oxygens (including phenoxy) is 8. The highest BCUT2D eigenvalue weighted by atomic mass is 36.0. The summed E-state index contributed by atoms with van der Waals surface area (Å²) < 4.78 is 157. The van der Waals surface area contributed by atoms with Gasteiger partial charge in [0.25, 0.3) is 0 Å². The number of phenolic OH excluding ortho intramolecular Hbond substituents is 1. The average molecular weight is 1170 g/mol. The summed E-state index contributed by atoms with van der Waals surface area (Å²) >= 11 is 24.3. The monoisotopic (exact) mass is 1170 g/mol. The lowest BCUT2D eigenvalue weighted by molar-refractivity contribution is -0.149. The Morgan fingerprint density at radius 3 is 1.34 bits per heavy atom. The van der Waals surface area contributed by atoms with E-state index in [0.29, 0.717) is 28.7 Å². The van der Waals surface area contributed by atoms with Crippen molar-refractivity contribution in [2.24, 2.45) is 5.73 Å². The van der Waals surface area contributed by atoms with Crippen LogP contribution in [0.3, 0.4) is 0 Å². The number of esters is 2. The molecule has 0 spiro atoms. The fourth-order valence-electron chi connectivity index (χ4n) is 4.83. The van der Waals surface area contributed by atoms with Crippen molar-refractivity contribution in [3.05, 3.63) is 83.7 Å². The quantitative estimate of drug-likeness (QED) is 0.0392. The van der Waals surface area contributed by atoms with E-state index in [1.807, 2.05) is 0 Å². The summed E-state index contributed by atoms with van der Waals surface area (Å²) in [5.74, 6) is -11.9. The maximum atomic E-state index is 14.1. The van der Waals surface area contributed by atoms with Gasteiger partial charge in [-0.05, 0) is 112 Å². The first-order valence-electron chi connectivity index (χ1n) is 19.6. The van der Waals surface area contributed by atoms with Gasteiger partial charge in [-0.3, -0.25) is 14.2 Å². The van der Waals surface area contributed by atoms with Crippen LogP contribution in [-0.2, 0) is 32.8 Å². The number of hydrogen-bond donors (Lipinski definition) is 3. The smallest absolute Gasteiger partial charge is 0.508 e. The Hall–Kier alpha value is -4.47. The van der Waals surface area contributed by atoms with Gasteiger partial charge in [0.05, 0.1) is 12.2 Å². The number of halogens is 10. The summed E-state index contributed by atoms with van der Waals surface area (Å²) in [7, 11) is -5.03. The van der Waals surface area contributed by atoms with Crippen LogP contribution < -0.4 is 52.8 Å². The number of aromatic hydroxyl groups is 1. The Kier molecular flexibility index (Phi) is 23.1. The minimum Gasteiger partial charge on any atom is -0.508 e. The highest BCUT2D eigenvalue weighted by Crippen LogP contribution is 2.61. The molecule has 0 bridgehead atoms. The first-order chi connectivity index (χ1) is 32.9. The zero-order valence-corrected chi connectivity index (χ0v) is 43.8. The van der Waals surface area contributed by atoms with E-state index in [2.05, 4.69) is 43.3 Å². The van der Waals surface area contributed by atoms with Crippen LogP contribution >= 0.6 is 75.2 Å². The second-order valence-electron chi connectivity index (χ2n) is 14.2. The number of rotatable bonds is 12. The number of fused-ring (bicyclic) bond motifs is 3. The lowest BCUT2D eigenvalue weighted by atomic mass is 10.3. The van der Waals surface area contributed by atoms with E-state index in [1.54, 1.807) is 45.0 Å². The third-order valence-corrected chi connectivity index (χ3v) is 10.1. The third-order valence-electron chi connectivity index (χ3n) is 7.64. The van der Waals surface area contributed by atoms with Gasteiger partial charge in [-0.25, -0.2) is 22.3 Å². The molecule has 4 aromatic rings. The molecule has 1 unspecified atom stereocenters. The Balaban J connectivity index is 0.000000284. The average Bonchev–Trinajstić information content (AvgIpc) is 4.04. The highest BCUT2D eigenvalue weighted by molar-refractivity contribution is 8.24. The predicted molar refractivity (Wildman–Crippen MR) is 248 cm³/mol. The summed E-state index contributed by atoms with van der Waals surface area (Å²) in [5, 5.41) is 7.80. The van der Waals surface area contributed by atoms with Crippen LogP contribution in [0.4, 0.5) is 22.0 Å². The van der Waals surface area contributed by atoms with Crippen molar-refractivity contribution < 1.29 is 102 Å². The zero-order valence-electron chi connectivity index (χ0n) is 37.3. The van der Waals surface area contributed by atoms with Crippen molar-refractivity contribution in [1.29, 1.82) is 0 Å². The fraction of sp³-hybridized carbons (Fsp3) is 0.333. The molecular weight excluding hydrogens is 1130 g/mol. The molecule has 0 radical (unpaired) electrons. The highest BCUT2D eigenvalue weighted by Gasteiger charge is 2.39. The van der Waals surface area contributed by atoms with Gasteiger partial charge >= 0.3 is 31.0 Å². The van der Waals surface area contributed by atoms with Gasteiger partial charge < -0.3 is 62.3 Å². The molecule has 3 atom stereocenters. The molecule has 0 fully saturated rings. The fourth-order valence-corrected chi connectivity index (χ4v) is 7.19. The Morgan fingerprint density at radius 1 is 0.577 bits per heavy atom. The predicted octanol–water partition coefficient (Wildman–Crippen LogP) is 12.2. The lowest BCUT2D eigenvalue weighted by Gasteiger charge is -2.24. The maximum Gasteiger partial charge on any atom is 0.513 e. The van der Waals surface area contributed by atoms with Gasteiger partial charge in [0.15, 0.2) is 34.5 Å². The normalized spacial score (nSPS) is 14.3. The van der Waals surface area contributed by atoms with Crippen LogP contribution in [0.1, 0.15) is 41.5 Å². The van der Waals surface area contributed by atoms with Gasteiger partial charge in [-0.1, -0.05) is 0 Å². The van der Waals surface area contributed by atoms with Crippen LogP contribution in [0.25, 0.3) is 0 Å². The van der Waals surface area contributed by atoms with Gasteiger partial charge in [-0.15, -0.1) is 0 Å². The minimum absolute atomic E-state index is 0.0662. The summed E-state index contributed by atoms with van der Waals surface area (Å²) in [6, 6.07) is 11.2. The topological polar surface area (TPSA) is 245 Å². The van der Waals surface area contributed by atoms with Gasteiger partial charge in [-0.2, -0.15) is 13.9 Å². The Labute approximate surface area is 425 Å². The summed E-state index contributed by atoms with van der Waals surface area (Å²) in [6.45, 7) is 9.69. The summed E-state index contributed by atoms with van der Waals surface area (Å²) in [6.07, 6.45) is -4.21. The van der Waals surface area contributed by atoms with Crippen LogP contribution in [0.2, 0.25) is 0 Å². The molecule has 0 amide bonds. The van der Waals surface area contributed by atoms with Crippen molar-refractivity contribution in [2.45, 2.75) is 65.8 Å². The van der Waals surface area contributed by atoms with Gasteiger partial charge in [0, 0.05) is 40.7 Å². The molecule has 4 N–H and O–H groups in total. The molecule has 0 saturated carbocycles. The standard InChI is InChI=1S/C19H17F5NO7P.C7H5Cl2O4P.C7H6O3.C6H13NO2.Cl3OP/c1-8(2)30-19(26)9(3)25-33(27,31-10-4-5-11-12(6-10)29-7-28-11)32-18-16(23)14(21)13(20)15(22)17(18)24;8-14(9,10)13-5-1-2-6-7(3-5)12-4-11-6;8-5-1-2-6-7(3-5)10-4-9-6;1-4(2)9-6(8)5(3)7;1-5(2,3)4/h4-6,8-9H,7H2,1-3H3,(H,25,27);1-3H,4H2;1-3,8H,4H2;4-5H,7H2,1-3H3;/t9-,33?;;;5-;/m0..0./s1. The number of hydrogen-bond acceptors (Lipinski definition) is 18. The molecule has 19 nitrogen and oxygen atoms in total. The van der Waals surface area contributed by atoms with Gasteiger partial charge in [0.2, 0.25) is 55.2 Å². The molecule has 3 aliphatic heterocycles. The molecule has 0 aliphatic carbocycles. The molecule has 394 valence electrons. The SMILES string of the molecule is CC(C)OC(=O)[C@H](C)N.CC(C)OC(=O)[C@H](C)NP(=O)(Oc1ccc2c(c1)OCO2)Oc1c(F)c(F)c(F)c(F)c1F.O=P(Cl)(Cl)Cl.O=P(Cl)(Cl)Oc1ccc2c(c1)OCO2.Oc1ccc2c(c1)OCO2. The Bertz CT molecular complexity index is 2620. The van der Waals surface area contributed by atoms with Crippen LogP contribution in [0.5, 0.6) is 57.5 Å². The second kappa shape index (κ2) is 27.0. The Morgan fingerprint density at radius 2 is 0.944 bits per heavy atom. The van der Waals surface area contributed by atoms with Crippen LogP contribution in [-0.4, -0.2) is 61.7 Å². The molecule has 3 aliphatic rings. The molecule has 71 heavy (non-hydrogen) atoms. The molecule has 0 aromatic heterocycles. The third kappa shape index (κ3) is 20.9. The zero-order chi connectivity index (χ0) is 53.6. The van der Waals surface area contributed by atoms with E-state index >= 15 is 0 Å². The lowest BCUT2D eigenvalue weighted by Crippen LogP contribution is -2.37. The van der Waals surface area contributed by atoms with Crippen LogP contribution in [0.15, 0.2) is 54.6 Å². The van der Waals surface area contributed by atoms with E-state index in [0.717, 1.165) is 6.92 Å². The minimum atomic E-state index is -5.03. The number of benzene rings is 4. The number of nitrogens with one attached hydrogen (secondary N) is 1. The molecule has 3 heterocycles. The molecular formula is C39H41Cl5F5N2O17P3. The molecule has 32 heteroatoms. The van der Waals surface area contributed by atoms with Crippen LogP contribution in [0, 0.1) is 29.1 Å². The van der Waals surface area contributed by atoms with Crippen molar-refractivity contribution in [3.8, 4) is 57.5 Å². The summed E-state index contributed by atoms with van der Waals surface area (Å²) in [4.78, 5) is 22.7. The van der Waals surface area contributed by atoms with E-state index < -0.39 is 78.0 Å². The van der Waals surface area contributed by atoms with Crippen molar-refractivity contribution in [1.82, 2.24) is 5.09 Å². The summed E-state index contributed by atoms with van der Waals surface area (Å²) in [5.41, 5.74) is 5.21. The number of carbonyl (C=O) groups excluding carboxylic acids is 2. The van der Waals surface area contributed by atoms with E-state index in [9.17, 15) is 45.2 Å².